The lowest BCUT2D eigenvalue weighted by molar-refractivity contribution is 0.574. The van der Waals surface area contributed by atoms with Gasteiger partial charge in [-0.3, -0.25) is 0 Å². The Morgan fingerprint density at radius 1 is 1.04 bits per heavy atom. The van der Waals surface area contributed by atoms with Crippen molar-refractivity contribution >= 4 is 45.2 Å². The SMILES string of the molecule is Cc1nc(N2CCCCC2)c2[nH]c(-c3ccccc3)c(Br)c2n1.Cl. The van der Waals surface area contributed by atoms with E-state index in [0.29, 0.717) is 0 Å². The highest BCUT2D eigenvalue weighted by atomic mass is 79.9. The van der Waals surface area contributed by atoms with Crippen LogP contribution in [0.5, 0.6) is 0 Å². The minimum Gasteiger partial charge on any atom is -0.355 e. The van der Waals surface area contributed by atoms with E-state index in [1.807, 2.05) is 13.0 Å². The standard InChI is InChI=1S/C18H19BrN4.ClH/c1-12-20-16-14(19)15(13-8-4-2-5-9-13)22-17(16)18(21-12)23-10-6-3-7-11-23;/h2,4-5,8-9,22H,3,6-7,10-11H2,1H3;1H. The highest BCUT2D eigenvalue weighted by Gasteiger charge is 2.21. The van der Waals surface area contributed by atoms with Crippen LogP contribution in [0.1, 0.15) is 25.1 Å². The van der Waals surface area contributed by atoms with Crippen LogP contribution in [-0.4, -0.2) is 28.0 Å². The molecular formula is C18H20BrClN4. The number of H-pyrrole nitrogens is 1. The molecule has 6 heteroatoms. The van der Waals surface area contributed by atoms with Crippen LogP contribution in [0.3, 0.4) is 0 Å². The first kappa shape index (κ1) is 17.2. The van der Waals surface area contributed by atoms with Crippen molar-refractivity contribution in [3.05, 3.63) is 40.6 Å². The van der Waals surface area contributed by atoms with Crippen molar-refractivity contribution in [3.8, 4) is 11.3 Å². The minimum atomic E-state index is 0. The number of rotatable bonds is 2. The third-order valence-electron chi connectivity index (χ3n) is 4.40. The van der Waals surface area contributed by atoms with E-state index in [0.717, 1.165) is 51.5 Å². The summed E-state index contributed by atoms with van der Waals surface area (Å²) >= 11 is 3.74. The molecule has 0 bridgehead atoms. The summed E-state index contributed by atoms with van der Waals surface area (Å²) in [5, 5.41) is 0. The molecule has 4 rings (SSSR count). The first-order chi connectivity index (χ1) is 11.2. The molecule has 0 aliphatic carbocycles. The number of aromatic amines is 1. The van der Waals surface area contributed by atoms with Crippen molar-refractivity contribution in [2.75, 3.05) is 18.0 Å². The van der Waals surface area contributed by atoms with Crippen LogP contribution in [0.2, 0.25) is 0 Å². The Hall–Kier alpha value is -1.59. The molecule has 0 saturated carbocycles. The van der Waals surface area contributed by atoms with Gasteiger partial charge in [0.25, 0.3) is 0 Å². The van der Waals surface area contributed by atoms with E-state index in [-0.39, 0.29) is 12.4 Å². The average molecular weight is 408 g/mol. The molecular weight excluding hydrogens is 388 g/mol. The van der Waals surface area contributed by atoms with Gasteiger partial charge in [-0.1, -0.05) is 30.3 Å². The monoisotopic (exact) mass is 406 g/mol. The van der Waals surface area contributed by atoms with E-state index >= 15 is 0 Å². The number of aryl methyl sites for hydroxylation is 1. The summed E-state index contributed by atoms with van der Waals surface area (Å²) in [6.07, 6.45) is 3.78. The summed E-state index contributed by atoms with van der Waals surface area (Å²) < 4.78 is 1.02. The Labute approximate surface area is 156 Å². The molecule has 3 heterocycles. The number of anilines is 1. The van der Waals surface area contributed by atoms with E-state index in [9.17, 15) is 0 Å². The Bertz CT molecular complexity index is 841. The van der Waals surface area contributed by atoms with Crippen LogP contribution in [0.25, 0.3) is 22.3 Å². The third kappa shape index (κ3) is 3.03. The Morgan fingerprint density at radius 2 is 1.75 bits per heavy atom. The van der Waals surface area contributed by atoms with Gasteiger partial charge in [0, 0.05) is 13.1 Å². The Balaban J connectivity index is 0.00000169. The molecule has 1 aliphatic heterocycles. The van der Waals surface area contributed by atoms with Gasteiger partial charge in [0.1, 0.15) is 16.9 Å². The number of nitrogens with one attached hydrogen (secondary N) is 1. The lowest BCUT2D eigenvalue weighted by Gasteiger charge is -2.28. The molecule has 4 nitrogen and oxygen atoms in total. The second kappa shape index (κ2) is 7.11. The maximum Gasteiger partial charge on any atom is 0.156 e. The van der Waals surface area contributed by atoms with E-state index < -0.39 is 0 Å². The number of hydrogen-bond donors (Lipinski definition) is 1. The first-order valence-corrected chi connectivity index (χ1v) is 8.89. The second-order valence-corrected chi connectivity index (χ2v) is 6.84. The normalized spacial score (nSPS) is 14.7. The fourth-order valence-corrected chi connectivity index (χ4v) is 3.88. The zero-order valence-corrected chi connectivity index (χ0v) is 16.0. The number of aromatic nitrogens is 3. The molecule has 3 aromatic rings. The van der Waals surface area contributed by atoms with Crippen LogP contribution in [0.15, 0.2) is 34.8 Å². The largest absolute Gasteiger partial charge is 0.355 e. The van der Waals surface area contributed by atoms with Gasteiger partial charge in [-0.25, -0.2) is 9.97 Å². The van der Waals surface area contributed by atoms with E-state index in [4.69, 9.17) is 4.98 Å². The molecule has 2 aromatic heterocycles. The maximum absolute atomic E-state index is 4.74. The summed E-state index contributed by atoms with van der Waals surface area (Å²) in [5.41, 5.74) is 4.22. The Morgan fingerprint density at radius 3 is 2.46 bits per heavy atom. The number of benzene rings is 1. The van der Waals surface area contributed by atoms with Crippen LogP contribution < -0.4 is 4.90 Å². The van der Waals surface area contributed by atoms with Crippen LogP contribution in [0, 0.1) is 6.92 Å². The predicted octanol–water partition coefficient (Wildman–Crippen LogP) is 5.11. The summed E-state index contributed by atoms with van der Waals surface area (Å²) in [6.45, 7) is 4.11. The molecule has 0 unspecified atom stereocenters. The minimum absolute atomic E-state index is 0. The van der Waals surface area contributed by atoms with Crippen molar-refractivity contribution in [1.29, 1.82) is 0 Å². The third-order valence-corrected chi connectivity index (χ3v) is 5.17. The van der Waals surface area contributed by atoms with Gasteiger partial charge < -0.3 is 9.88 Å². The number of halogens is 2. The van der Waals surface area contributed by atoms with Crippen molar-refractivity contribution in [2.45, 2.75) is 26.2 Å². The van der Waals surface area contributed by atoms with Gasteiger partial charge in [0.05, 0.1) is 10.2 Å². The average Bonchev–Trinajstić information content (AvgIpc) is 2.93. The maximum atomic E-state index is 4.74. The summed E-state index contributed by atoms with van der Waals surface area (Å²) in [6, 6.07) is 10.3. The van der Waals surface area contributed by atoms with Gasteiger partial charge in [0.2, 0.25) is 0 Å². The summed E-state index contributed by atoms with van der Waals surface area (Å²) in [7, 11) is 0. The fraction of sp³-hybridized carbons (Fsp3) is 0.333. The first-order valence-electron chi connectivity index (χ1n) is 8.10. The van der Waals surface area contributed by atoms with Crippen LogP contribution in [-0.2, 0) is 0 Å². The number of piperidine rings is 1. The molecule has 0 spiro atoms. The zero-order chi connectivity index (χ0) is 15.8. The van der Waals surface area contributed by atoms with Gasteiger partial charge in [-0.2, -0.15) is 0 Å². The molecule has 1 N–H and O–H groups in total. The fourth-order valence-electron chi connectivity index (χ4n) is 3.27. The van der Waals surface area contributed by atoms with Gasteiger partial charge in [-0.15, -0.1) is 12.4 Å². The van der Waals surface area contributed by atoms with E-state index in [1.165, 1.54) is 19.3 Å². The smallest absolute Gasteiger partial charge is 0.156 e. The lowest BCUT2D eigenvalue weighted by Crippen LogP contribution is -2.30. The topological polar surface area (TPSA) is 44.8 Å². The summed E-state index contributed by atoms with van der Waals surface area (Å²) in [5.74, 6) is 1.85. The van der Waals surface area contributed by atoms with E-state index in [1.54, 1.807) is 0 Å². The second-order valence-electron chi connectivity index (χ2n) is 6.05. The van der Waals surface area contributed by atoms with Gasteiger partial charge in [0.15, 0.2) is 5.82 Å². The molecule has 1 fully saturated rings. The van der Waals surface area contributed by atoms with Crippen LogP contribution >= 0.6 is 28.3 Å². The molecule has 0 atom stereocenters. The molecule has 0 radical (unpaired) electrons. The molecule has 1 aromatic carbocycles. The quantitative estimate of drug-likeness (QED) is 0.642. The zero-order valence-electron chi connectivity index (χ0n) is 13.6. The number of hydrogen-bond acceptors (Lipinski definition) is 3. The molecule has 126 valence electrons. The molecule has 0 amide bonds. The molecule has 1 aliphatic rings. The van der Waals surface area contributed by atoms with Crippen molar-refractivity contribution in [2.24, 2.45) is 0 Å². The van der Waals surface area contributed by atoms with Gasteiger partial charge >= 0.3 is 0 Å². The molecule has 24 heavy (non-hydrogen) atoms. The Kier molecular flexibility index (Phi) is 5.11. The lowest BCUT2D eigenvalue weighted by atomic mass is 10.1. The van der Waals surface area contributed by atoms with E-state index in [2.05, 4.69) is 55.1 Å². The van der Waals surface area contributed by atoms with Gasteiger partial charge in [-0.05, 0) is 47.7 Å². The van der Waals surface area contributed by atoms with Crippen molar-refractivity contribution in [3.63, 3.8) is 0 Å². The number of fused-ring (bicyclic) bond motifs is 1. The highest BCUT2D eigenvalue weighted by Crippen LogP contribution is 2.37. The van der Waals surface area contributed by atoms with Crippen LogP contribution in [0.4, 0.5) is 5.82 Å². The van der Waals surface area contributed by atoms with Crippen molar-refractivity contribution in [1.82, 2.24) is 15.0 Å². The molecule has 1 saturated heterocycles. The highest BCUT2D eigenvalue weighted by molar-refractivity contribution is 9.10. The predicted molar refractivity (Wildman–Crippen MR) is 105 cm³/mol. The summed E-state index contributed by atoms with van der Waals surface area (Å²) in [4.78, 5) is 15.3. The van der Waals surface area contributed by atoms with Crippen molar-refractivity contribution < 1.29 is 0 Å². The number of nitrogens with zero attached hydrogens (tertiary/aromatic N) is 3.